The van der Waals surface area contributed by atoms with Crippen LogP contribution in [0.3, 0.4) is 0 Å². The summed E-state index contributed by atoms with van der Waals surface area (Å²) >= 11 is 0. The van der Waals surface area contributed by atoms with Gasteiger partial charge in [-0.3, -0.25) is 4.90 Å². The summed E-state index contributed by atoms with van der Waals surface area (Å²) in [5.41, 5.74) is 3.77. The minimum absolute atomic E-state index is 0.438. The van der Waals surface area contributed by atoms with Crippen LogP contribution in [0.25, 0.3) is 0 Å². The van der Waals surface area contributed by atoms with Crippen molar-refractivity contribution in [1.82, 2.24) is 4.90 Å². The fourth-order valence-electron chi connectivity index (χ4n) is 4.79. The van der Waals surface area contributed by atoms with Gasteiger partial charge < -0.3 is 0 Å². The number of nitrogens with zero attached hydrogens (tertiary/aromatic N) is 1. The zero-order valence-electron chi connectivity index (χ0n) is 10.8. The molecule has 2 bridgehead atoms. The molecule has 2 aliphatic heterocycles. The van der Waals surface area contributed by atoms with Crippen LogP contribution in [-0.2, 0) is 5.41 Å². The number of piperidine rings is 1. The SMILES string of the molecule is C[C@@H]1CN2CC[C@@]3(C)c4ccccc4C1C[C@@H]23. The lowest BCUT2D eigenvalue weighted by atomic mass is 9.61. The lowest BCUT2D eigenvalue weighted by Crippen LogP contribution is -2.52. The van der Waals surface area contributed by atoms with E-state index in [2.05, 4.69) is 43.0 Å². The number of hydrogen-bond donors (Lipinski definition) is 0. The average Bonchev–Trinajstić information content (AvgIpc) is 2.69. The van der Waals surface area contributed by atoms with Gasteiger partial charge in [0.2, 0.25) is 0 Å². The Morgan fingerprint density at radius 1 is 1.29 bits per heavy atom. The predicted molar refractivity (Wildman–Crippen MR) is 70.3 cm³/mol. The van der Waals surface area contributed by atoms with Gasteiger partial charge in [0.15, 0.2) is 0 Å². The van der Waals surface area contributed by atoms with E-state index in [1.807, 2.05) is 0 Å². The van der Waals surface area contributed by atoms with Gasteiger partial charge in [-0.15, -0.1) is 0 Å². The molecule has 0 amide bonds. The molecule has 0 N–H and O–H groups in total. The Hall–Kier alpha value is -0.820. The second kappa shape index (κ2) is 3.14. The van der Waals surface area contributed by atoms with Gasteiger partial charge in [-0.2, -0.15) is 0 Å². The number of hydrogen-bond acceptors (Lipinski definition) is 1. The first-order valence-corrected chi connectivity index (χ1v) is 7.03. The first-order chi connectivity index (χ1) is 8.20. The molecule has 1 heteroatoms. The van der Waals surface area contributed by atoms with Crippen molar-refractivity contribution in [3.05, 3.63) is 35.4 Å². The van der Waals surface area contributed by atoms with E-state index < -0.39 is 0 Å². The summed E-state index contributed by atoms with van der Waals surface area (Å²) in [4.78, 5) is 2.76. The molecule has 0 radical (unpaired) electrons. The normalized spacial score (nSPS) is 43.5. The van der Waals surface area contributed by atoms with Gasteiger partial charge in [0.05, 0.1) is 0 Å². The van der Waals surface area contributed by atoms with Crippen molar-refractivity contribution in [3.8, 4) is 0 Å². The molecule has 0 saturated carbocycles. The van der Waals surface area contributed by atoms with E-state index in [9.17, 15) is 0 Å². The molecule has 1 nitrogen and oxygen atoms in total. The predicted octanol–water partition coefficient (Wildman–Crippen LogP) is 3.16. The van der Waals surface area contributed by atoms with E-state index in [4.69, 9.17) is 0 Å². The van der Waals surface area contributed by atoms with Crippen LogP contribution in [0.15, 0.2) is 24.3 Å². The largest absolute Gasteiger partial charge is 0.299 e. The Morgan fingerprint density at radius 3 is 3.00 bits per heavy atom. The Kier molecular flexibility index (Phi) is 1.87. The summed E-state index contributed by atoms with van der Waals surface area (Å²) in [6.45, 7) is 7.58. The fourth-order valence-corrected chi connectivity index (χ4v) is 4.79. The highest BCUT2D eigenvalue weighted by molar-refractivity contribution is 5.43. The van der Waals surface area contributed by atoms with Crippen LogP contribution < -0.4 is 0 Å². The minimum Gasteiger partial charge on any atom is -0.299 e. The summed E-state index contributed by atoms with van der Waals surface area (Å²) < 4.78 is 0. The monoisotopic (exact) mass is 227 g/mol. The molecule has 1 aliphatic carbocycles. The summed E-state index contributed by atoms with van der Waals surface area (Å²) in [7, 11) is 0. The molecule has 17 heavy (non-hydrogen) atoms. The van der Waals surface area contributed by atoms with Crippen LogP contribution in [0, 0.1) is 5.92 Å². The second-order valence-corrected chi connectivity index (χ2v) is 6.58. The third-order valence-electron chi connectivity index (χ3n) is 5.76. The molecule has 2 heterocycles. The number of benzene rings is 1. The molecule has 90 valence electrons. The highest BCUT2D eigenvalue weighted by Crippen LogP contribution is 2.54. The molecule has 1 aromatic carbocycles. The Balaban J connectivity index is 1.96. The fraction of sp³-hybridized carbons (Fsp3) is 0.625. The smallest absolute Gasteiger partial charge is 0.0196 e. The maximum atomic E-state index is 2.76. The lowest BCUT2D eigenvalue weighted by Gasteiger charge is -2.50. The molecule has 2 saturated heterocycles. The maximum absolute atomic E-state index is 2.76. The molecule has 0 aromatic heterocycles. The highest BCUT2D eigenvalue weighted by Gasteiger charge is 2.53. The highest BCUT2D eigenvalue weighted by atomic mass is 15.2. The Labute approximate surface area is 104 Å². The van der Waals surface area contributed by atoms with Crippen molar-refractivity contribution in [2.24, 2.45) is 5.92 Å². The first-order valence-electron chi connectivity index (χ1n) is 7.03. The third-order valence-corrected chi connectivity index (χ3v) is 5.76. The molecular weight excluding hydrogens is 206 g/mol. The standard InChI is InChI=1S/C16H21N/c1-11-10-17-8-7-16(2)14-6-4-3-5-12(14)13(11)9-15(16)17/h3-6,11,13,15H,7-10H2,1-2H3/t11-,13?,15-,16+/m1/s1. The van der Waals surface area contributed by atoms with Crippen molar-refractivity contribution in [3.63, 3.8) is 0 Å². The van der Waals surface area contributed by atoms with Crippen molar-refractivity contribution in [2.45, 2.75) is 44.1 Å². The van der Waals surface area contributed by atoms with Gasteiger partial charge in [-0.1, -0.05) is 38.1 Å². The van der Waals surface area contributed by atoms with Crippen molar-refractivity contribution in [2.75, 3.05) is 13.1 Å². The zero-order valence-corrected chi connectivity index (χ0v) is 10.8. The minimum atomic E-state index is 0.438. The van der Waals surface area contributed by atoms with Crippen LogP contribution in [-0.4, -0.2) is 24.0 Å². The average molecular weight is 227 g/mol. The van der Waals surface area contributed by atoms with Gasteiger partial charge in [0, 0.05) is 18.0 Å². The van der Waals surface area contributed by atoms with Crippen molar-refractivity contribution in [1.29, 1.82) is 0 Å². The molecule has 1 aromatic rings. The zero-order chi connectivity index (χ0) is 11.6. The van der Waals surface area contributed by atoms with E-state index >= 15 is 0 Å². The van der Waals surface area contributed by atoms with Crippen LogP contribution >= 0.6 is 0 Å². The Bertz CT molecular complexity index is 466. The topological polar surface area (TPSA) is 3.24 Å². The van der Waals surface area contributed by atoms with E-state index in [0.717, 1.165) is 17.9 Å². The van der Waals surface area contributed by atoms with Gasteiger partial charge in [0.25, 0.3) is 0 Å². The van der Waals surface area contributed by atoms with E-state index in [-0.39, 0.29) is 0 Å². The van der Waals surface area contributed by atoms with Crippen LogP contribution in [0.5, 0.6) is 0 Å². The molecular formula is C16H21N. The molecule has 0 spiro atoms. The lowest BCUT2D eigenvalue weighted by molar-refractivity contribution is 0.0946. The quantitative estimate of drug-likeness (QED) is 0.658. The van der Waals surface area contributed by atoms with Crippen molar-refractivity contribution < 1.29 is 0 Å². The van der Waals surface area contributed by atoms with Gasteiger partial charge in [0.1, 0.15) is 0 Å². The van der Waals surface area contributed by atoms with Gasteiger partial charge in [-0.25, -0.2) is 0 Å². The van der Waals surface area contributed by atoms with Crippen LogP contribution in [0.1, 0.15) is 43.7 Å². The summed E-state index contributed by atoms with van der Waals surface area (Å²) in [6, 6.07) is 10.1. The van der Waals surface area contributed by atoms with Crippen LogP contribution in [0.2, 0.25) is 0 Å². The van der Waals surface area contributed by atoms with E-state index in [1.54, 1.807) is 11.1 Å². The Morgan fingerprint density at radius 2 is 2.12 bits per heavy atom. The maximum Gasteiger partial charge on any atom is 0.0196 e. The molecule has 1 unspecified atom stereocenters. The molecule has 4 rings (SSSR count). The third kappa shape index (κ3) is 1.14. The number of rotatable bonds is 0. The van der Waals surface area contributed by atoms with Gasteiger partial charge in [-0.05, 0) is 42.3 Å². The summed E-state index contributed by atoms with van der Waals surface area (Å²) in [5.74, 6) is 1.65. The molecule has 3 aliphatic rings. The van der Waals surface area contributed by atoms with Gasteiger partial charge >= 0.3 is 0 Å². The summed E-state index contributed by atoms with van der Waals surface area (Å²) in [5, 5.41) is 0. The first kappa shape index (κ1) is 10.1. The molecule has 2 fully saturated rings. The van der Waals surface area contributed by atoms with E-state index in [1.165, 1.54) is 25.9 Å². The van der Waals surface area contributed by atoms with Crippen LogP contribution in [0.4, 0.5) is 0 Å². The summed E-state index contributed by atoms with van der Waals surface area (Å²) in [6.07, 6.45) is 2.75. The molecule has 4 atom stereocenters. The van der Waals surface area contributed by atoms with Crippen molar-refractivity contribution >= 4 is 0 Å². The number of fused-ring (bicyclic) bond motifs is 4. The van der Waals surface area contributed by atoms with E-state index in [0.29, 0.717) is 5.41 Å². The second-order valence-electron chi connectivity index (χ2n) is 6.58.